The van der Waals surface area contributed by atoms with Gasteiger partial charge in [0.2, 0.25) is 12.8 Å². The SMILES string of the molecule is C=CCCCCO[C@H](C)C(=O)N1CCCC1C.COc1ccc2c(=O)cc(-n3ccc(C(C)C)n3)[nH]c2c1C.O=CNC1CC1.O=CNS(=O)C1CC1. The molecule has 3 heterocycles. The smallest absolute Gasteiger partial charge is 0.251 e. The van der Waals surface area contributed by atoms with E-state index in [0.29, 0.717) is 42.2 Å². The molecule has 3 fully saturated rings. The fourth-order valence-electron chi connectivity index (χ4n) is 5.54. The number of benzene rings is 1. The number of hydrogen-bond acceptors (Lipinski definition) is 8. The average molecular weight is 755 g/mol. The number of H-pyrrole nitrogens is 1. The second-order valence-electron chi connectivity index (χ2n) is 13.8. The molecule has 6 rings (SSSR count). The van der Waals surface area contributed by atoms with Gasteiger partial charge >= 0.3 is 0 Å². The number of aryl methyl sites for hydroxylation is 1. The molecule has 3 amide bonds. The Balaban J connectivity index is 0.000000213. The largest absolute Gasteiger partial charge is 0.496 e. The minimum Gasteiger partial charge on any atom is -0.496 e. The van der Waals surface area contributed by atoms with Crippen LogP contribution in [0.5, 0.6) is 5.75 Å². The van der Waals surface area contributed by atoms with E-state index in [2.05, 4.69) is 47.5 Å². The zero-order valence-electron chi connectivity index (χ0n) is 32.1. The highest BCUT2D eigenvalue weighted by Crippen LogP contribution is 2.25. The number of aromatic nitrogens is 3. The van der Waals surface area contributed by atoms with Crippen molar-refractivity contribution < 1.29 is 28.1 Å². The van der Waals surface area contributed by atoms with Gasteiger partial charge in [0.25, 0.3) is 5.91 Å². The molecule has 0 radical (unpaired) electrons. The van der Waals surface area contributed by atoms with Crippen LogP contribution >= 0.6 is 0 Å². The molecule has 1 aromatic carbocycles. The number of rotatable bonds is 15. The highest BCUT2D eigenvalue weighted by atomic mass is 32.2. The van der Waals surface area contributed by atoms with E-state index >= 15 is 0 Å². The molecule has 0 spiro atoms. The number of unbranched alkanes of at least 4 members (excludes halogenated alkanes) is 2. The van der Waals surface area contributed by atoms with Gasteiger partial charge in [-0.25, -0.2) is 8.89 Å². The molecule has 1 saturated heterocycles. The van der Waals surface area contributed by atoms with Gasteiger partial charge in [0.15, 0.2) is 5.43 Å². The molecule has 3 aliphatic rings. The highest BCUT2D eigenvalue weighted by Gasteiger charge is 2.29. The molecule has 3 N–H and O–H groups in total. The van der Waals surface area contributed by atoms with Crippen LogP contribution in [-0.2, 0) is 30.1 Å². The molecule has 3 atom stereocenters. The number of allylic oxidation sites excluding steroid dienone is 1. The third-order valence-corrected chi connectivity index (χ3v) is 10.5. The maximum absolute atomic E-state index is 12.4. The van der Waals surface area contributed by atoms with Gasteiger partial charge in [0, 0.05) is 48.4 Å². The molecule has 14 heteroatoms. The van der Waals surface area contributed by atoms with Crippen molar-refractivity contribution in [3.05, 3.63) is 64.6 Å². The Kier molecular flexibility index (Phi) is 17.9. The number of nitrogens with zero attached hydrogens (tertiary/aromatic N) is 3. The van der Waals surface area contributed by atoms with Crippen molar-refractivity contribution in [2.45, 2.75) is 122 Å². The first-order valence-electron chi connectivity index (χ1n) is 18.5. The summed E-state index contributed by atoms with van der Waals surface area (Å²) in [6.07, 6.45) is 14.4. The minimum absolute atomic E-state index is 0.0314. The highest BCUT2D eigenvalue weighted by molar-refractivity contribution is 7.84. The van der Waals surface area contributed by atoms with E-state index < -0.39 is 11.0 Å². The summed E-state index contributed by atoms with van der Waals surface area (Å²) in [5.74, 6) is 1.90. The zero-order chi connectivity index (χ0) is 38.9. The van der Waals surface area contributed by atoms with Crippen LogP contribution in [0.2, 0.25) is 0 Å². The molecule has 3 aromatic rings. The summed E-state index contributed by atoms with van der Waals surface area (Å²) in [7, 11) is 0.545. The lowest BCUT2D eigenvalue weighted by atomic mass is 10.1. The maximum Gasteiger partial charge on any atom is 0.251 e. The Morgan fingerprint density at radius 2 is 1.85 bits per heavy atom. The summed E-state index contributed by atoms with van der Waals surface area (Å²) in [6.45, 7) is 15.3. The fraction of sp³-hybridized carbons (Fsp3) is 0.564. The Morgan fingerprint density at radius 3 is 2.38 bits per heavy atom. The topological polar surface area (TPSA) is 165 Å². The summed E-state index contributed by atoms with van der Waals surface area (Å²) in [5, 5.41) is 8.06. The second-order valence-corrected chi connectivity index (χ2v) is 15.3. The number of nitrogens with one attached hydrogen (secondary N) is 3. The van der Waals surface area contributed by atoms with Crippen LogP contribution in [0.3, 0.4) is 0 Å². The van der Waals surface area contributed by atoms with Crippen LogP contribution in [0.15, 0.2) is 47.9 Å². The summed E-state index contributed by atoms with van der Waals surface area (Å²) < 4.78 is 25.4. The lowest BCUT2D eigenvalue weighted by Gasteiger charge is -2.25. The number of ether oxygens (including phenoxy) is 2. The van der Waals surface area contributed by atoms with Crippen LogP contribution in [0.1, 0.15) is 103 Å². The second kappa shape index (κ2) is 22.0. The van der Waals surface area contributed by atoms with Crippen LogP contribution in [0.25, 0.3) is 16.7 Å². The molecule has 2 saturated carbocycles. The zero-order valence-corrected chi connectivity index (χ0v) is 32.9. The Morgan fingerprint density at radius 1 is 1.11 bits per heavy atom. The number of aromatic amines is 1. The molecular formula is C39H58N6O7S. The Hall–Kier alpha value is -4.30. The van der Waals surface area contributed by atoms with Crippen molar-refractivity contribution in [3.8, 4) is 11.6 Å². The van der Waals surface area contributed by atoms with Crippen molar-refractivity contribution in [1.29, 1.82) is 0 Å². The first-order chi connectivity index (χ1) is 25.4. The summed E-state index contributed by atoms with van der Waals surface area (Å²) in [6, 6.07) is 8.05. The van der Waals surface area contributed by atoms with E-state index in [1.165, 1.54) is 12.8 Å². The molecular weight excluding hydrogens is 697 g/mol. The van der Waals surface area contributed by atoms with E-state index in [1.54, 1.807) is 23.9 Å². The van der Waals surface area contributed by atoms with Crippen LogP contribution < -0.4 is 20.2 Å². The molecule has 1 aliphatic heterocycles. The van der Waals surface area contributed by atoms with Crippen LogP contribution in [-0.4, -0.2) is 86.3 Å². The number of fused-ring (bicyclic) bond motifs is 1. The number of amides is 3. The third kappa shape index (κ3) is 13.9. The lowest BCUT2D eigenvalue weighted by Crippen LogP contribution is -2.41. The number of methoxy groups -OCH3 is 1. The monoisotopic (exact) mass is 754 g/mol. The number of hydrogen-bond donors (Lipinski definition) is 3. The predicted octanol–water partition coefficient (Wildman–Crippen LogP) is 5.37. The number of carbonyl (C=O) groups excluding carboxylic acids is 3. The Labute approximate surface area is 315 Å². The Bertz CT molecular complexity index is 1720. The molecule has 13 nitrogen and oxygen atoms in total. The van der Waals surface area contributed by atoms with Gasteiger partial charge in [-0.2, -0.15) is 5.10 Å². The van der Waals surface area contributed by atoms with Crippen molar-refractivity contribution in [3.63, 3.8) is 0 Å². The minimum atomic E-state index is -1.08. The first kappa shape index (κ1) is 43.1. The fourth-order valence-corrected chi connectivity index (χ4v) is 6.39. The van der Waals surface area contributed by atoms with Gasteiger partial charge < -0.3 is 24.7 Å². The van der Waals surface area contributed by atoms with Crippen molar-refractivity contribution >= 4 is 40.6 Å². The first-order valence-corrected chi connectivity index (χ1v) is 19.8. The molecule has 0 bridgehead atoms. The molecule has 292 valence electrons. The van der Waals surface area contributed by atoms with E-state index in [0.717, 1.165) is 80.4 Å². The molecule has 2 aliphatic carbocycles. The summed E-state index contributed by atoms with van der Waals surface area (Å²) in [5.41, 5.74) is 2.65. The molecule has 2 aromatic heterocycles. The van der Waals surface area contributed by atoms with Gasteiger partial charge in [-0.1, -0.05) is 19.9 Å². The van der Waals surface area contributed by atoms with Crippen molar-refractivity contribution in [1.82, 2.24) is 29.7 Å². The van der Waals surface area contributed by atoms with Gasteiger partial charge in [-0.15, -0.1) is 6.58 Å². The van der Waals surface area contributed by atoms with Crippen LogP contribution in [0.4, 0.5) is 0 Å². The van der Waals surface area contributed by atoms with Gasteiger partial charge in [-0.05, 0) is 103 Å². The van der Waals surface area contributed by atoms with Crippen LogP contribution in [0, 0.1) is 6.92 Å². The molecule has 53 heavy (non-hydrogen) atoms. The summed E-state index contributed by atoms with van der Waals surface area (Å²) >= 11 is 0. The lowest BCUT2D eigenvalue weighted by molar-refractivity contribution is -0.143. The summed E-state index contributed by atoms with van der Waals surface area (Å²) in [4.78, 5) is 48.9. The van der Waals surface area contributed by atoms with Crippen molar-refractivity contribution in [2.24, 2.45) is 0 Å². The van der Waals surface area contributed by atoms with E-state index in [-0.39, 0.29) is 22.7 Å². The van der Waals surface area contributed by atoms with Crippen molar-refractivity contribution in [2.75, 3.05) is 20.3 Å². The normalized spacial score (nSPS) is 17.2. The van der Waals surface area contributed by atoms with E-state index in [4.69, 9.17) is 9.47 Å². The standard InChI is InChI=1S/C17H19N3O2.C14H25NO2.C4H7NO2S.C4H7NO/c1-10(2)13-7-8-20(19-13)16-9-14(21)12-5-6-15(22-4)11(3)17(12)18-16;1-4-5-6-7-11-17-13(3)14(16)15-10-8-9-12(15)2;6-3-5-8(7)4-1-2-4;6-3-5-4-1-2-4/h5-10H,1-4H3,(H,18,21);4,12-13H,1,5-11H2,2-3H3;3-4H,1-2H2,(H,5,6);3-4H,1-2H2,(H,5,6)/t;12?,13-;;/m.1../s1. The van der Waals surface area contributed by atoms with Gasteiger partial charge in [0.05, 0.1) is 23.6 Å². The van der Waals surface area contributed by atoms with Gasteiger partial charge in [0.1, 0.15) is 28.7 Å². The molecule has 2 unspecified atom stereocenters. The number of pyridine rings is 1. The van der Waals surface area contributed by atoms with E-state index in [1.807, 2.05) is 43.2 Å². The number of likely N-dealkylation sites (tertiary alicyclic amines) is 1. The number of carbonyl (C=O) groups is 3. The maximum atomic E-state index is 12.4. The third-order valence-electron chi connectivity index (χ3n) is 9.10. The van der Waals surface area contributed by atoms with E-state index in [9.17, 15) is 23.4 Å². The quantitative estimate of drug-likeness (QED) is 0.106. The van der Waals surface area contributed by atoms with Gasteiger partial charge in [-0.3, -0.25) is 23.9 Å². The average Bonchev–Trinajstić information content (AvgIpc) is 4.07. The predicted molar refractivity (Wildman–Crippen MR) is 210 cm³/mol.